The van der Waals surface area contributed by atoms with Crippen LogP contribution in [-0.2, 0) is 0 Å². The molecule has 2 unspecified atom stereocenters. The molecule has 0 spiro atoms. The van der Waals surface area contributed by atoms with Crippen LogP contribution in [0.2, 0.25) is 4.47 Å². The predicted octanol–water partition coefficient (Wildman–Crippen LogP) is 2.58. The lowest BCUT2D eigenvalue weighted by Gasteiger charge is -2.15. The van der Waals surface area contributed by atoms with Crippen LogP contribution in [-0.4, -0.2) is 27.2 Å². The first-order valence-corrected chi connectivity index (χ1v) is 6.33. The third-order valence-corrected chi connectivity index (χ3v) is 3.69. The lowest BCUT2D eigenvalue weighted by Crippen LogP contribution is -2.19. The van der Waals surface area contributed by atoms with Crippen LogP contribution in [0, 0.1) is 0 Å². The summed E-state index contributed by atoms with van der Waals surface area (Å²) in [6.07, 6.45) is -1.95. The molecule has 0 radical (unpaired) electrons. The molecule has 16 heavy (non-hydrogen) atoms. The van der Waals surface area contributed by atoms with E-state index >= 15 is 0 Å². The van der Waals surface area contributed by atoms with E-state index in [1.54, 1.807) is 18.2 Å². The van der Waals surface area contributed by atoms with Crippen LogP contribution in [0.15, 0.2) is 18.2 Å². The first-order valence-electron chi connectivity index (χ1n) is 4.60. The molecule has 3 nitrogen and oxygen atoms in total. The minimum absolute atomic E-state index is 0.0113. The van der Waals surface area contributed by atoms with Crippen molar-refractivity contribution < 1.29 is 10.2 Å². The molecule has 0 saturated heterocycles. The fraction of sp³-hybridized carbons (Fsp3) is 0.300. The van der Waals surface area contributed by atoms with Crippen LogP contribution >= 0.6 is 34.5 Å². The molecule has 86 valence electrons. The van der Waals surface area contributed by atoms with Crippen LogP contribution in [0.5, 0.6) is 0 Å². The van der Waals surface area contributed by atoms with Gasteiger partial charge in [0.15, 0.2) is 4.47 Å². The fourth-order valence-electron chi connectivity index (χ4n) is 1.40. The molecule has 0 fully saturated rings. The molecule has 0 bridgehead atoms. The second-order valence-electron chi connectivity index (χ2n) is 3.36. The predicted molar refractivity (Wildman–Crippen MR) is 66.3 cm³/mol. The van der Waals surface area contributed by atoms with E-state index in [0.717, 1.165) is 10.2 Å². The second-order valence-corrected chi connectivity index (χ2v) is 5.28. The Kier molecular flexibility index (Phi) is 3.66. The number of rotatable bonds is 3. The Hall–Kier alpha value is -0.390. The Labute approximate surface area is 106 Å². The van der Waals surface area contributed by atoms with Gasteiger partial charge in [-0.2, -0.15) is 0 Å². The minimum Gasteiger partial charge on any atom is -0.389 e. The van der Waals surface area contributed by atoms with E-state index in [2.05, 4.69) is 4.98 Å². The average Bonchev–Trinajstić information content (AvgIpc) is 2.65. The number of fused-ring (bicyclic) bond motifs is 1. The van der Waals surface area contributed by atoms with E-state index in [9.17, 15) is 10.2 Å². The smallest absolute Gasteiger partial charge is 0.184 e. The summed E-state index contributed by atoms with van der Waals surface area (Å²) >= 11 is 12.6. The van der Waals surface area contributed by atoms with E-state index in [1.165, 1.54) is 11.3 Å². The third-order valence-electron chi connectivity index (χ3n) is 2.25. The van der Waals surface area contributed by atoms with E-state index in [4.69, 9.17) is 23.2 Å². The summed E-state index contributed by atoms with van der Waals surface area (Å²) in [5.74, 6) is -0.0113. The molecule has 0 aliphatic heterocycles. The Balaban J connectivity index is 2.38. The second kappa shape index (κ2) is 4.85. The molecule has 2 aromatic rings. The van der Waals surface area contributed by atoms with Crippen molar-refractivity contribution in [3.8, 4) is 0 Å². The molecule has 6 heteroatoms. The number of alkyl halides is 1. The highest BCUT2D eigenvalue weighted by Gasteiger charge is 2.18. The molecule has 0 amide bonds. The van der Waals surface area contributed by atoms with Gasteiger partial charge in [-0.1, -0.05) is 17.7 Å². The number of halogens is 2. The summed E-state index contributed by atoms with van der Waals surface area (Å²) in [6.45, 7) is 0. The van der Waals surface area contributed by atoms with Gasteiger partial charge in [-0.05, 0) is 17.7 Å². The van der Waals surface area contributed by atoms with Crippen LogP contribution in [0.4, 0.5) is 0 Å². The van der Waals surface area contributed by atoms with Gasteiger partial charge in [0.05, 0.1) is 22.2 Å². The maximum Gasteiger partial charge on any atom is 0.184 e. The summed E-state index contributed by atoms with van der Waals surface area (Å²) < 4.78 is 1.34. The van der Waals surface area contributed by atoms with Crippen molar-refractivity contribution in [1.82, 2.24) is 4.98 Å². The van der Waals surface area contributed by atoms with Crippen LogP contribution in [0.3, 0.4) is 0 Å². The summed E-state index contributed by atoms with van der Waals surface area (Å²) in [7, 11) is 0. The maximum absolute atomic E-state index is 9.77. The third kappa shape index (κ3) is 2.31. The van der Waals surface area contributed by atoms with Crippen molar-refractivity contribution in [3.63, 3.8) is 0 Å². The average molecular weight is 278 g/mol. The zero-order valence-corrected chi connectivity index (χ0v) is 10.4. The molecular formula is C10H9Cl2NO2S. The number of nitrogens with zero attached hydrogens (tertiary/aromatic N) is 1. The van der Waals surface area contributed by atoms with Crippen molar-refractivity contribution in [2.75, 3.05) is 5.88 Å². The first kappa shape index (κ1) is 12.1. The van der Waals surface area contributed by atoms with Gasteiger partial charge in [0, 0.05) is 0 Å². The van der Waals surface area contributed by atoms with Crippen molar-refractivity contribution in [2.24, 2.45) is 0 Å². The fourth-order valence-corrected chi connectivity index (χ4v) is 2.65. The number of benzene rings is 1. The van der Waals surface area contributed by atoms with Gasteiger partial charge in [0.25, 0.3) is 0 Å². The molecule has 2 atom stereocenters. The van der Waals surface area contributed by atoms with Gasteiger partial charge in [0.1, 0.15) is 6.10 Å². The zero-order valence-electron chi connectivity index (χ0n) is 8.10. The molecule has 0 aliphatic rings. The molecule has 0 aliphatic carbocycles. The lowest BCUT2D eigenvalue weighted by molar-refractivity contribution is 0.0328. The van der Waals surface area contributed by atoms with Gasteiger partial charge < -0.3 is 10.2 Å². The number of aliphatic hydroxyl groups excluding tert-OH is 2. The summed E-state index contributed by atoms with van der Waals surface area (Å²) in [4.78, 5) is 4.09. The molecule has 2 N–H and O–H groups in total. The number of thiazole rings is 1. The van der Waals surface area contributed by atoms with E-state index in [0.29, 0.717) is 10.0 Å². The minimum atomic E-state index is -0.984. The number of aromatic nitrogens is 1. The topological polar surface area (TPSA) is 53.4 Å². The Bertz CT molecular complexity index is 503. The number of hydrogen-bond donors (Lipinski definition) is 2. The maximum atomic E-state index is 9.77. The Morgan fingerprint density at radius 3 is 2.81 bits per heavy atom. The van der Waals surface area contributed by atoms with Crippen molar-refractivity contribution in [3.05, 3.63) is 28.2 Å². The van der Waals surface area contributed by atoms with E-state index in [1.807, 2.05) is 0 Å². The van der Waals surface area contributed by atoms with E-state index < -0.39 is 12.2 Å². The summed E-state index contributed by atoms with van der Waals surface area (Å²) in [5.41, 5.74) is 1.40. The van der Waals surface area contributed by atoms with Crippen molar-refractivity contribution in [2.45, 2.75) is 12.2 Å². The van der Waals surface area contributed by atoms with Crippen LogP contribution in [0.1, 0.15) is 11.7 Å². The molecular weight excluding hydrogens is 269 g/mol. The number of aliphatic hydroxyl groups is 2. The van der Waals surface area contributed by atoms with Gasteiger partial charge in [0.2, 0.25) is 0 Å². The largest absolute Gasteiger partial charge is 0.389 e. The van der Waals surface area contributed by atoms with Crippen molar-refractivity contribution >= 4 is 44.8 Å². The van der Waals surface area contributed by atoms with Gasteiger partial charge in [-0.3, -0.25) is 0 Å². The van der Waals surface area contributed by atoms with Gasteiger partial charge >= 0.3 is 0 Å². The highest BCUT2D eigenvalue weighted by molar-refractivity contribution is 7.22. The standard InChI is InChI=1S/C10H9Cl2NO2S/c11-4-7(14)9(15)5-1-2-6-8(3-5)16-10(12)13-6/h1-3,7,9,14-15H,4H2. The lowest BCUT2D eigenvalue weighted by atomic mass is 10.1. The van der Waals surface area contributed by atoms with E-state index in [-0.39, 0.29) is 5.88 Å². The van der Waals surface area contributed by atoms with Crippen LogP contribution < -0.4 is 0 Å². The molecule has 1 aromatic heterocycles. The first-order chi connectivity index (χ1) is 7.61. The molecule has 2 rings (SSSR count). The molecule has 1 aromatic carbocycles. The highest BCUT2D eigenvalue weighted by Crippen LogP contribution is 2.29. The monoisotopic (exact) mass is 277 g/mol. The SMILES string of the molecule is OC(CCl)C(O)c1ccc2nc(Cl)sc2c1. The zero-order chi connectivity index (χ0) is 11.7. The van der Waals surface area contributed by atoms with Gasteiger partial charge in [-0.25, -0.2) is 4.98 Å². The van der Waals surface area contributed by atoms with Gasteiger partial charge in [-0.15, -0.1) is 22.9 Å². The Morgan fingerprint density at radius 1 is 1.38 bits per heavy atom. The molecule has 1 heterocycles. The summed E-state index contributed by atoms with van der Waals surface area (Å²) in [6, 6.07) is 5.23. The quantitative estimate of drug-likeness (QED) is 0.848. The van der Waals surface area contributed by atoms with Crippen molar-refractivity contribution in [1.29, 1.82) is 0 Å². The van der Waals surface area contributed by atoms with Crippen LogP contribution in [0.25, 0.3) is 10.2 Å². The molecule has 0 saturated carbocycles. The Morgan fingerprint density at radius 2 is 2.12 bits per heavy atom. The number of hydrogen-bond acceptors (Lipinski definition) is 4. The normalized spacial score (nSPS) is 15.2. The summed E-state index contributed by atoms with van der Waals surface area (Å²) in [5, 5.41) is 19.2. The highest BCUT2D eigenvalue weighted by atomic mass is 35.5.